The summed E-state index contributed by atoms with van der Waals surface area (Å²) in [6, 6.07) is 37.1. The van der Waals surface area contributed by atoms with E-state index in [9.17, 15) is 26.4 Å². The molecule has 0 saturated heterocycles. The van der Waals surface area contributed by atoms with E-state index in [1.54, 1.807) is 54.6 Å². The predicted octanol–water partition coefficient (Wildman–Crippen LogP) is 5.69. The maximum absolute atomic E-state index is 14.3. The highest BCUT2D eigenvalue weighted by molar-refractivity contribution is 8.04. The van der Waals surface area contributed by atoms with Crippen molar-refractivity contribution in [2.24, 2.45) is 0 Å². The zero-order valence-corrected chi connectivity index (χ0v) is 26.6. The third kappa shape index (κ3) is 6.38. The summed E-state index contributed by atoms with van der Waals surface area (Å²) in [5.41, 5.74) is 1.54. The number of nitrogens with zero attached hydrogens (tertiary/aromatic N) is 2. The van der Waals surface area contributed by atoms with Gasteiger partial charge in [-0.3, -0.25) is 14.5 Å². The van der Waals surface area contributed by atoms with Crippen LogP contribution in [0.4, 0.5) is 0 Å². The quantitative estimate of drug-likeness (QED) is 0.157. The van der Waals surface area contributed by atoms with E-state index < -0.39 is 50.6 Å². The Morgan fingerprint density at radius 3 is 1.43 bits per heavy atom. The zero-order chi connectivity index (χ0) is 33.0. The number of fused-ring (bicyclic) bond motifs is 1. The first-order valence-corrected chi connectivity index (χ1v) is 17.6. The maximum Gasteiger partial charge on any atom is 0.261 e. The third-order valence-corrected chi connectivity index (χ3v) is 12.1. The molecule has 2 unspecified atom stereocenters. The maximum atomic E-state index is 14.3. The Balaban J connectivity index is 1.54. The average Bonchev–Trinajstić information content (AvgIpc) is 3.36. The average molecular weight is 667 g/mol. The van der Waals surface area contributed by atoms with Crippen LogP contribution in [-0.2, 0) is 31.4 Å². The number of carbonyl (C=O) groups is 2. The summed E-state index contributed by atoms with van der Waals surface area (Å²) in [6.45, 7) is -0.800. The first kappa shape index (κ1) is 32.0. The Morgan fingerprint density at radius 2 is 0.957 bits per heavy atom. The summed E-state index contributed by atoms with van der Waals surface area (Å²) < 4.78 is 64.2. The van der Waals surface area contributed by atoms with Gasteiger partial charge in [0.2, 0.25) is 0 Å². The molecule has 1 heterocycles. The van der Waals surface area contributed by atoms with Crippen molar-refractivity contribution in [2.75, 3.05) is 6.54 Å². The van der Waals surface area contributed by atoms with E-state index in [-0.39, 0.29) is 27.5 Å². The third-order valence-electron chi connectivity index (χ3n) is 7.86. The molecule has 0 saturated carbocycles. The van der Waals surface area contributed by atoms with Gasteiger partial charge >= 0.3 is 0 Å². The van der Waals surface area contributed by atoms with E-state index in [1.165, 1.54) is 60.7 Å². The lowest BCUT2D eigenvalue weighted by atomic mass is 10.0. The van der Waals surface area contributed by atoms with E-state index in [0.29, 0.717) is 9.27 Å². The van der Waals surface area contributed by atoms with Gasteiger partial charge in [0.25, 0.3) is 31.9 Å². The molecule has 9 nitrogen and oxygen atoms in total. The van der Waals surface area contributed by atoms with Gasteiger partial charge in [-0.25, -0.2) is 16.8 Å². The molecule has 5 aromatic carbocycles. The van der Waals surface area contributed by atoms with Gasteiger partial charge in [-0.2, -0.15) is 0 Å². The molecule has 0 bridgehead atoms. The molecule has 0 spiro atoms. The largest absolute Gasteiger partial charge is 0.367 e. The molecule has 2 amide bonds. The molecule has 238 valence electrons. The van der Waals surface area contributed by atoms with Crippen LogP contribution in [0.25, 0.3) is 0 Å². The van der Waals surface area contributed by atoms with E-state index in [2.05, 4.69) is 0 Å². The summed E-state index contributed by atoms with van der Waals surface area (Å²) in [4.78, 5) is 28.4. The molecule has 11 heteroatoms. The molecular weight excluding hydrogens is 637 g/mol. The molecule has 5 aromatic rings. The van der Waals surface area contributed by atoms with Gasteiger partial charge in [0.15, 0.2) is 0 Å². The zero-order valence-electron chi connectivity index (χ0n) is 25.0. The van der Waals surface area contributed by atoms with Gasteiger partial charge in [-0.15, -0.1) is 0 Å². The Morgan fingerprint density at radius 1 is 0.553 bits per heavy atom. The van der Waals surface area contributed by atoms with E-state index >= 15 is 0 Å². The second-order valence-electron chi connectivity index (χ2n) is 10.8. The van der Waals surface area contributed by atoms with Crippen molar-refractivity contribution in [3.8, 4) is 0 Å². The number of ether oxygens (including phenoxy) is 1. The lowest BCUT2D eigenvalue weighted by Crippen LogP contribution is -2.53. The minimum absolute atomic E-state index is 0.0247. The molecule has 0 radical (unpaired) electrons. The first-order valence-electron chi connectivity index (χ1n) is 14.7. The molecule has 0 N–H and O–H groups in total. The van der Waals surface area contributed by atoms with Gasteiger partial charge in [0.1, 0.15) is 6.10 Å². The number of carbonyl (C=O) groups excluding carboxylic acids is 2. The summed E-state index contributed by atoms with van der Waals surface area (Å²) in [6.07, 6.45) is -1.14. The number of hydrogen-bond acceptors (Lipinski definition) is 7. The number of sulfonamides is 2. The van der Waals surface area contributed by atoms with Crippen LogP contribution in [0.15, 0.2) is 155 Å². The van der Waals surface area contributed by atoms with Crippen LogP contribution in [0.2, 0.25) is 0 Å². The van der Waals surface area contributed by atoms with E-state index in [1.807, 2.05) is 30.3 Å². The molecule has 0 aliphatic carbocycles. The molecule has 6 rings (SSSR count). The molecule has 47 heavy (non-hydrogen) atoms. The van der Waals surface area contributed by atoms with Crippen LogP contribution in [0, 0.1) is 0 Å². The highest BCUT2D eigenvalue weighted by Crippen LogP contribution is 2.36. The van der Waals surface area contributed by atoms with Crippen molar-refractivity contribution in [1.29, 1.82) is 0 Å². The molecule has 1 aliphatic heterocycles. The van der Waals surface area contributed by atoms with Gasteiger partial charge < -0.3 is 4.74 Å². The molecular formula is C36H30N2O7S2. The monoisotopic (exact) mass is 666 g/mol. The van der Waals surface area contributed by atoms with Crippen molar-refractivity contribution in [3.05, 3.63) is 168 Å². The van der Waals surface area contributed by atoms with Gasteiger partial charge in [-0.05, 0) is 47.5 Å². The Kier molecular flexibility index (Phi) is 9.15. The Labute approximate surface area is 273 Å². The first-order chi connectivity index (χ1) is 22.7. The fourth-order valence-electron chi connectivity index (χ4n) is 5.55. The highest BCUT2D eigenvalue weighted by atomic mass is 32.3. The number of hydrogen-bond donors (Lipinski definition) is 0. The smallest absolute Gasteiger partial charge is 0.261 e. The highest BCUT2D eigenvalue weighted by Gasteiger charge is 2.48. The lowest BCUT2D eigenvalue weighted by Gasteiger charge is -2.36. The molecule has 2 atom stereocenters. The van der Waals surface area contributed by atoms with Crippen molar-refractivity contribution < 1.29 is 31.2 Å². The van der Waals surface area contributed by atoms with Crippen LogP contribution in [0.5, 0.6) is 0 Å². The lowest BCUT2D eigenvalue weighted by molar-refractivity contribution is -0.0169. The van der Waals surface area contributed by atoms with Crippen molar-refractivity contribution in [3.63, 3.8) is 0 Å². The number of rotatable bonds is 12. The minimum Gasteiger partial charge on any atom is -0.367 e. The van der Waals surface area contributed by atoms with Crippen molar-refractivity contribution in [2.45, 2.75) is 28.5 Å². The Bertz CT molecular complexity index is 1990. The summed E-state index contributed by atoms with van der Waals surface area (Å²) >= 11 is 0. The van der Waals surface area contributed by atoms with Crippen molar-refractivity contribution in [1.82, 2.24) is 8.61 Å². The van der Waals surface area contributed by atoms with Crippen molar-refractivity contribution >= 4 is 31.9 Å². The Hall–Kier alpha value is -4.94. The normalized spacial score (nSPS) is 14.6. The summed E-state index contributed by atoms with van der Waals surface area (Å²) in [5.74, 6) is -1.37. The fraction of sp³-hybridized carbons (Fsp3) is 0.111. The predicted molar refractivity (Wildman–Crippen MR) is 175 cm³/mol. The van der Waals surface area contributed by atoms with Gasteiger partial charge in [0.05, 0.1) is 40.1 Å². The second-order valence-corrected chi connectivity index (χ2v) is 14.8. The van der Waals surface area contributed by atoms with E-state index in [0.717, 1.165) is 10.5 Å². The van der Waals surface area contributed by atoms with Crippen LogP contribution in [-0.4, -0.2) is 49.8 Å². The SMILES string of the molecule is O=C1c2ccccc2C(=O)N1C(CN(S(=O)(=O)c1ccccc1)S(=O)(=O)c1ccccc1)C(OCc1ccccc1)c1ccccc1. The van der Waals surface area contributed by atoms with Gasteiger partial charge in [0, 0.05) is 0 Å². The summed E-state index contributed by atoms with van der Waals surface area (Å²) in [7, 11) is -9.55. The molecule has 1 aliphatic rings. The second kappa shape index (κ2) is 13.4. The van der Waals surface area contributed by atoms with Crippen LogP contribution in [0.1, 0.15) is 37.9 Å². The van der Waals surface area contributed by atoms with Crippen LogP contribution in [0.3, 0.4) is 0 Å². The van der Waals surface area contributed by atoms with Gasteiger partial charge in [-0.1, -0.05) is 113 Å². The number of imide groups is 1. The summed E-state index contributed by atoms with van der Waals surface area (Å²) in [5, 5.41) is 0. The topological polar surface area (TPSA) is 118 Å². The molecule has 0 aromatic heterocycles. The fourth-order valence-corrected chi connectivity index (χ4v) is 9.27. The molecule has 0 fully saturated rings. The van der Waals surface area contributed by atoms with Crippen LogP contribution < -0.4 is 0 Å². The number of amides is 2. The standard InChI is InChI=1S/C36H30N2O7S2/c39-35-31-23-13-14-24-32(31)36(40)38(35)33(34(28-17-7-2-8-18-28)45-26-27-15-5-1-6-16-27)25-37(46(41,42)29-19-9-3-10-20-29)47(43,44)30-21-11-4-12-22-30/h1-24,33-34H,25-26H2. The van der Waals surface area contributed by atoms with Crippen LogP contribution >= 0.6 is 0 Å². The van der Waals surface area contributed by atoms with E-state index in [4.69, 9.17) is 4.74 Å². The number of benzene rings is 5. The minimum atomic E-state index is -4.78.